The molecule has 0 aliphatic carbocycles. The van der Waals surface area contributed by atoms with E-state index in [1.165, 1.54) is 6.42 Å². The molecular formula is C23H28N2O3. The van der Waals surface area contributed by atoms with Crippen LogP contribution in [0.5, 0.6) is 5.75 Å². The van der Waals surface area contributed by atoms with E-state index in [0.717, 1.165) is 43.7 Å². The van der Waals surface area contributed by atoms with E-state index in [9.17, 15) is 9.59 Å². The molecular weight excluding hydrogens is 352 g/mol. The molecule has 0 aromatic heterocycles. The molecule has 1 heterocycles. The third-order valence-electron chi connectivity index (χ3n) is 4.89. The van der Waals surface area contributed by atoms with E-state index in [-0.39, 0.29) is 11.8 Å². The van der Waals surface area contributed by atoms with Crippen LogP contribution >= 0.6 is 0 Å². The van der Waals surface area contributed by atoms with Crippen LogP contribution in [-0.4, -0.2) is 36.4 Å². The number of carbonyl (C=O) groups is 2. The van der Waals surface area contributed by atoms with Crippen molar-refractivity contribution in [3.05, 3.63) is 65.2 Å². The number of rotatable bonds is 7. The Bertz CT molecular complexity index is 778. The third kappa shape index (κ3) is 5.35. The quantitative estimate of drug-likeness (QED) is 0.789. The van der Waals surface area contributed by atoms with Gasteiger partial charge in [-0.2, -0.15) is 0 Å². The second-order valence-electron chi connectivity index (χ2n) is 7.11. The molecule has 3 rings (SSSR count). The summed E-state index contributed by atoms with van der Waals surface area (Å²) in [6.45, 7) is 4.84. The van der Waals surface area contributed by atoms with E-state index >= 15 is 0 Å². The fourth-order valence-electron chi connectivity index (χ4n) is 3.25. The number of carbonyl (C=O) groups excluding carboxylic acids is 2. The Hall–Kier alpha value is -2.82. The molecule has 1 aliphatic heterocycles. The van der Waals surface area contributed by atoms with Crippen molar-refractivity contribution in [1.82, 2.24) is 10.2 Å². The van der Waals surface area contributed by atoms with Crippen LogP contribution in [0.4, 0.5) is 0 Å². The Labute approximate surface area is 166 Å². The minimum Gasteiger partial charge on any atom is -0.494 e. The Balaban J connectivity index is 1.51. The number of piperidine rings is 1. The maximum atomic E-state index is 12.5. The lowest BCUT2D eigenvalue weighted by molar-refractivity contribution is 0.0724. The number of likely N-dealkylation sites (tertiary alicyclic amines) is 1. The Morgan fingerprint density at radius 1 is 0.929 bits per heavy atom. The summed E-state index contributed by atoms with van der Waals surface area (Å²) in [6.07, 6.45) is 4.32. The number of amides is 2. The SMILES string of the molecule is CCCOc1ccc(C(=O)NCc2ccc(C(=O)N3CCCCC3)cc2)cc1. The summed E-state index contributed by atoms with van der Waals surface area (Å²) < 4.78 is 5.53. The number of nitrogens with zero attached hydrogens (tertiary/aromatic N) is 1. The van der Waals surface area contributed by atoms with E-state index < -0.39 is 0 Å². The summed E-state index contributed by atoms with van der Waals surface area (Å²) >= 11 is 0. The van der Waals surface area contributed by atoms with Crippen LogP contribution in [0.3, 0.4) is 0 Å². The first-order chi connectivity index (χ1) is 13.7. The topological polar surface area (TPSA) is 58.6 Å². The molecule has 5 nitrogen and oxygen atoms in total. The van der Waals surface area contributed by atoms with Gasteiger partial charge in [0.2, 0.25) is 0 Å². The van der Waals surface area contributed by atoms with Crippen molar-refractivity contribution < 1.29 is 14.3 Å². The molecule has 0 radical (unpaired) electrons. The molecule has 1 aliphatic rings. The maximum absolute atomic E-state index is 12.5. The van der Waals surface area contributed by atoms with Crippen molar-refractivity contribution in [3.63, 3.8) is 0 Å². The first-order valence-electron chi connectivity index (χ1n) is 10.1. The van der Waals surface area contributed by atoms with Crippen molar-refractivity contribution in [3.8, 4) is 5.75 Å². The Morgan fingerprint density at radius 2 is 1.57 bits per heavy atom. The number of hydrogen-bond donors (Lipinski definition) is 1. The van der Waals surface area contributed by atoms with Gasteiger partial charge in [0.15, 0.2) is 0 Å². The molecule has 0 bridgehead atoms. The maximum Gasteiger partial charge on any atom is 0.253 e. The lowest BCUT2D eigenvalue weighted by Crippen LogP contribution is -2.35. The second kappa shape index (κ2) is 9.93. The molecule has 1 N–H and O–H groups in total. The Morgan fingerprint density at radius 3 is 2.21 bits per heavy atom. The van der Waals surface area contributed by atoms with E-state index in [4.69, 9.17) is 4.74 Å². The largest absolute Gasteiger partial charge is 0.494 e. The Kier molecular flexibility index (Phi) is 7.06. The predicted molar refractivity (Wildman–Crippen MR) is 110 cm³/mol. The van der Waals surface area contributed by atoms with Crippen LogP contribution in [0, 0.1) is 0 Å². The van der Waals surface area contributed by atoms with Gasteiger partial charge in [-0.1, -0.05) is 19.1 Å². The van der Waals surface area contributed by atoms with E-state index in [1.54, 1.807) is 12.1 Å². The van der Waals surface area contributed by atoms with Gasteiger partial charge in [0.25, 0.3) is 11.8 Å². The third-order valence-corrected chi connectivity index (χ3v) is 4.89. The summed E-state index contributed by atoms with van der Waals surface area (Å²) in [7, 11) is 0. The lowest BCUT2D eigenvalue weighted by Gasteiger charge is -2.26. The van der Waals surface area contributed by atoms with Crippen LogP contribution in [0.2, 0.25) is 0 Å². The van der Waals surface area contributed by atoms with Crippen LogP contribution in [0.1, 0.15) is 58.9 Å². The highest BCUT2D eigenvalue weighted by Gasteiger charge is 2.17. The molecule has 2 amide bonds. The van der Waals surface area contributed by atoms with Crippen LogP contribution in [0.15, 0.2) is 48.5 Å². The molecule has 2 aromatic rings. The van der Waals surface area contributed by atoms with Crippen molar-refractivity contribution in [2.24, 2.45) is 0 Å². The molecule has 0 unspecified atom stereocenters. The summed E-state index contributed by atoms with van der Waals surface area (Å²) in [5.74, 6) is 0.739. The van der Waals surface area contributed by atoms with Crippen molar-refractivity contribution >= 4 is 11.8 Å². The summed E-state index contributed by atoms with van der Waals surface area (Å²) in [5, 5.41) is 2.91. The monoisotopic (exact) mass is 380 g/mol. The molecule has 148 valence electrons. The fourth-order valence-corrected chi connectivity index (χ4v) is 3.25. The van der Waals surface area contributed by atoms with E-state index in [1.807, 2.05) is 41.3 Å². The second-order valence-corrected chi connectivity index (χ2v) is 7.11. The van der Waals surface area contributed by atoms with Gasteiger partial charge >= 0.3 is 0 Å². The predicted octanol–water partition coefficient (Wildman–Crippen LogP) is 4.03. The fraction of sp³-hybridized carbons (Fsp3) is 0.391. The molecule has 0 saturated carbocycles. The molecule has 1 saturated heterocycles. The molecule has 28 heavy (non-hydrogen) atoms. The zero-order chi connectivity index (χ0) is 19.8. The van der Waals surface area contributed by atoms with Crippen molar-refractivity contribution in [1.29, 1.82) is 0 Å². The average Bonchev–Trinajstić information content (AvgIpc) is 2.77. The molecule has 0 atom stereocenters. The average molecular weight is 380 g/mol. The number of benzene rings is 2. The van der Waals surface area contributed by atoms with Gasteiger partial charge < -0.3 is 15.0 Å². The highest BCUT2D eigenvalue weighted by Crippen LogP contribution is 2.15. The van der Waals surface area contributed by atoms with Crippen LogP contribution in [0.25, 0.3) is 0 Å². The van der Waals surface area contributed by atoms with Crippen molar-refractivity contribution in [2.75, 3.05) is 19.7 Å². The van der Waals surface area contributed by atoms with Gasteiger partial charge in [-0.3, -0.25) is 9.59 Å². The van der Waals surface area contributed by atoms with Gasteiger partial charge in [-0.25, -0.2) is 0 Å². The zero-order valence-corrected chi connectivity index (χ0v) is 16.4. The number of nitrogens with one attached hydrogen (secondary N) is 1. The van der Waals surface area contributed by atoms with Gasteiger partial charge in [0.1, 0.15) is 5.75 Å². The minimum atomic E-state index is -0.129. The number of hydrogen-bond acceptors (Lipinski definition) is 3. The van der Waals surface area contributed by atoms with Gasteiger partial charge in [0.05, 0.1) is 6.61 Å². The van der Waals surface area contributed by atoms with E-state index in [0.29, 0.717) is 24.3 Å². The summed E-state index contributed by atoms with van der Waals surface area (Å²) in [4.78, 5) is 26.7. The summed E-state index contributed by atoms with van der Waals surface area (Å²) in [6, 6.07) is 14.6. The van der Waals surface area contributed by atoms with Gasteiger partial charge in [-0.15, -0.1) is 0 Å². The van der Waals surface area contributed by atoms with Crippen molar-refractivity contribution in [2.45, 2.75) is 39.2 Å². The lowest BCUT2D eigenvalue weighted by atomic mass is 10.1. The standard InChI is InChI=1S/C23H28N2O3/c1-2-16-28-21-12-10-19(11-13-21)22(26)24-17-18-6-8-20(9-7-18)23(27)25-14-4-3-5-15-25/h6-13H,2-5,14-17H2,1H3,(H,24,26). The number of ether oxygens (including phenoxy) is 1. The normalized spacial score (nSPS) is 13.8. The first-order valence-corrected chi connectivity index (χ1v) is 10.1. The molecule has 0 spiro atoms. The molecule has 2 aromatic carbocycles. The molecule has 1 fully saturated rings. The smallest absolute Gasteiger partial charge is 0.253 e. The minimum absolute atomic E-state index is 0.0978. The summed E-state index contributed by atoms with van der Waals surface area (Å²) in [5.41, 5.74) is 2.27. The van der Waals surface area contributed by atoms with Gasteiger partial charge in [0, 0.05) is 30.8 Å². The zero-order valence-electron chi connectivity index (χ0n) is 16.4. The van der Waals surface area contributed by atoms with Gasteiger partial charge in [-0.05, 0) is 67.6 Å². The van der Waals surface area contributed by atoms with Crippen LogP contribution < -0.4 is 10.1 Å². The molecule has 5 heteroatoms. The highest BCUT2D eigenvalue weighted by atomic mass is 16.5. The first kappa shape index (κ1) is 19.9. The van der Waals surface area contributed by atoms with E-state index in [2.05, 4.69) is 12.2 Å². The van der Waals surface area contributed by atoms with Crippen LogP contribution in [-0.2, 0) is 6.54 Å². The highest BCUT2D eigenvalue weighted by molar-refractivity contribution is 5.95.